The molecule has 18 heteroatoms. The molecule has 0 bridgehead atoms. The maximum atomic E-state index is 13.6. The number of carbonyl (C=O) groups excluding carboxylic acids is 7. The molecule has 0 unspecified atom stereocenters. The summed E-state index contributed by atoms with van der Waals surface area (Å²) in [5, 5.41) is 37.1. The Morgan fingerprint density at radius 3 is 1.90 bits per heavy atom. The van der Waals surface area contributed by atoms with Crippen molar-refractivity contribution in [2.45, 2.75) is 122 Å². The molecule has 1 heterocycles. The molecule has 7 amide bonds. The van der Waals surface area contributed by atoms with Gasteiger partial charge in [0.25, 0.3) is 0 Å². The van der Waals surface area contributed by atoms with Crippen molar-refractivity contribution in [2.24, 2.45) is 17.6 Å². The van der Waals surface area contributed by atoms with Crippen LogP contribution in [0.3, 0.4) is 0 Å². The summed E-state index contributed by atoms with van der Waals surface area (Å²) in [5.74, 6) is -7.01. The average Bonchev–Trinajstić information content (AvgIpc) is 3.57. The Morgan fingerprint density at radius 2 is 1.39 bits per heavy atom. The van der Waals surface area contributed by atoms with Gasteiger partial charge in [0, 0.05) is 6.42 Å². The highest BCUT2D eigenvalue weighted by atomic mass is 16.4. The Kier molecular flexibility index (Phi) is 18.2. The summed E-state index contributed by atoms with van der Waals surface area (Å²) in [5.41, 5.74) is 5.28. The van der Waals surface area contributed by atoms with Crippen LogP contribution in [0.1, 0.15) is 80.1 Å². The van der Waals surface area contributed by atoms with E-state index >= 15 is 0 Å². The van der Waals surface area contributed by atoms with Crippen molar-refractivity contribution in [3.8, 4) is 0 Å². The van der Waals surface area contributed by atoms with Crippen molar-refractivity contribution in [3.05, 3.63) is 0 Å². The first kappa shape index (κ1) is 42.7. The summed E-state index contributed by atoms with van der Waals surface area (Å²) in [6, 6.07) is -6.85. The van der Waals surface area contributed by atoms with Crippen molar-refractivity contribution in [1.82, 2.24) is 37.2 Å². The van der Waals surface area contributed by atoms with Gasteiger partial charge in [0.2, 0.25) is 41.4 Å². The fourth-order valence-electron chi connectivity index (χ4n) is 5.00. The number of nitrogens with two attached hydrogens (primary N) is 1. The highest BCUT2D eigenvalue weighted by molar-refractivity contribution is 5.97. The van der Waals surface area contributed by atoms with E-state index in [-0.39, 0.29) is 25.2 Å². The number of amides is 7. The molecule has 49 heavy (non-hydrogen) atoms. The predicted molar refractivity (Wildman–Crippen MR) is 176 cm³/mol. The number of aliphatic hydroxyl groups is 1. The first-order valence-corrected chi connectivity index (χ1v) is 16.6. The molecule has 0 aromatic heterocycles. The van der Waals surface area contributed by atoms with Gasteiger partial charge in [-0.2, -0.15) is 0 Å². The van der Waals surface area contributed by atoms with Gasteiger partial charge >= 0.3 is 5.97 Å². The molecular formula is C31H54N8O10. The third kappa shape index (κ3) is 15.2. The summed E-state index contributed by atoms with van der Waals surface area (Å²) in [4.78, 5) is 101. The molecule has 1 saturated heterocycles. The third-order valence-corrected chi connectivity index (χ3v) is 8.05. The van der Waals surface area contributed by atoms with Crippen molar-refractivity contribution in [3.63, 3.8) is 0 Å². The third-order valence-electron chi connectivity index (χ3n) is 8.05. The van der Waals surface area contributed by atoms with Gasteiger partial charge < -0.3 is 53.2 Å². The van der Waals surface area contributed by atoms with Crippen molar-refractivity contribution >= 4 is 47.3 Å². The standard InChI is InChI=1S/C31H54N8O10/c1-7-16(4)24(38-28(46)20(10-11-22(32)41)36-27(45)19-9-8-12-33-19)30(48)39-25(18(6)40)31(49)37-21(13-15(2)3)29(47)35-17(5)26(44)34-14-23(42)43/h15-21,24-25,33,40H,7-14H2,1-6H3,(H2,32,41)(H,34,44)(H,35,47)(H,36,45)(H,37,49)(H,38,46)(H,39,48)(H,42,43)/t16-,17-,18+,19-,20-,21-,24-,25-/m0/s1. The molecule has 1 aliphatic heterocycles. The van der Waals surface area contributed by atoms with E-state index in [1.807, 2.05) is 0 Å². The average molecular weight is 699 g/mol. The fourth-order valence-corrected chi connectivity index (χ4v) is 5.00. The van der Waals surface area contributed by atoms with E-state index in [0.29, 0.717) is 19.4 Å². The van der Waals surface area contributed by atoms with Crippen LogP contribution in [0.15, 0.2) is 0 Å². The zero-order valence-electron chi connectivity index (χ0n) is 29.1. The summed E-state index contributed by atoms with van der Waals surface area (Å²) >= 11 is 0. The molecule has 0 aromatic carbocycles. The van der Waals surface area contributed by atoms with Gasteiger partial charge in [-0.15, -0.1) is 0 Å². The van der Waals surface area contributed by atoms with Crippen LogP contribution in [-0.2, 0) is 38.4 Å². The van der Waals surface area contributed by atoms with Crippen LogP contribution >= 0.6 is 0 Å². The van der Waals surface area contributed by atoms with Crippen LogP contribution in [0, 0.1) is 11.8 Å². The van der Waals surface area contributed by atoms with E-state index < -0.39 is 102 Å². The van der Waals surface area contributed by atoms with E-state index in [2.05, 4.69) is 37.2 Å². The highest BCUT2D eigenvalue weighted by Crippen LogP contribution is 2.12. The molecule has 0 aliphatic carbocycles. The Bertz CT molecular complexity index is 1190. The minimum absolute atomic E-state index is 0.113. The summed E-state index contributed by atoms with van der Waals surface area (Å²) in [6.45, 7) is 9.59. The van der Waals surface area contributed by atoms with E-state index in [1.165, 1.54) is 13.8 Å². The molecule has 0 saturated carbocycles. The number of rotatable bonds is 21. The predicted octanol–water partition coefficient (Wildman–Crippen LogP) is -2.88. The highest BCUT2D eigenvalue weighted by Gasteiger charge is 2.36. The number of primary amides is 1. The van der Waals surface area contributed by atoms with E-state index in [4.69, 9.17) is 10.8 Å². The normalized spacial score (nSPS) is 18.4. The molecule has 8 atom stereocenters. The summed E-state index contributed by atoms with van der Waals surface area (Å²) in [7, 11) is 0. The minimum atomic E-state index is -1.58. The van der Waals surface area contributed by atoms with E-state index in [1.54, 1.807) is 27.7 Å². The Labute approximate surface area is 286 Å². The van der Waals surface area contributed by atoms with Crippen LogP contribution in [0.2, 0.25) is 0 Å². The molecule has 0 spiro atoms. The van der Waals surface area contributed by atoms with Crippen molar-refractivity contribution in [2.75, 3.05) is 13.1 Å². The monoisotopic (exact) mass is 698 g/mol. The molecule has 1 aliphatic rings. The van der Waals surface area contributed by atoms with Gasteiger partial charge in [0.05, 0.1) is 12.1 Å². The molecule has 0 aromatic rings. The SMILES string of the molecule is CC[C@H](C)[C@H](NC(=O)[C@H](CCC(N)=O)NC(=O)[C@@H]1CCCN1)C(=O)N[C@H](C(=O)N[C@@H](CC(C)C)C(=O)N[C@@H](C)C(=O)NCC(=O)O)[C@@H](C)O. The van der Waals surface area contributed by atoms with E-state index in [0.717, 1.165) is 6.42 Å². The van der Waals surface area contributed by atoms with Crippen LogP contribution < -0.4 is 43.0 Å². The van der Waals surface area contributed by atoms with Gasteiger partial charge in [-0.1, -0.05) is 34.1 Å². The maximum absolute atomic E-state index is 13.6. The zero-order valence-corrected chi connectivity index (χ0v) is 29.1. The first-order valence-electron chi connectivity index (χ1n) is 16.6. The molecule has 18 nitrogen and oxygen atoms in total. The van der Waals surface area contributed by atoms with Crippen LogP contribution in [0.5, 0.6) is 0 Å². The smallest absolute Gasteiger partial charge is 0.322 e. The van der Waals surface area contributed by atoms with Gasteiger partial charge in [-0.3, -0.25) is 38.4 Å². The van der Waals surface area contributed by atoms with Gasteiger partial charge in [-0.25, -0.2) is 0 Å². The molecule has 1 fully saturated rings. The molecule has 1 rings (SSSR count). The quantitative estimate of drug-likeness (QED) is 0.0581. The number of aliphatic hydroxyl groups excluding tert-OH is 1. The Morgan fingerprint density at radius 1 is 0.796 bits per heavy atom. The number of carbonyl (C=O) groups is 8. The van der Waals surface area contributed by atoms with Gasteiger partial charge in [0.15, 0.2) is 0 Å². The Hall–Kier alpha value is -4.32. The number of carboxylic acids is 1. The summed E-state index contributed by atoms with van der Waals surface area (Å²) < 4.78 is 0. The van der Waals surface area contributed by atoms with Crippen LogP contribution in [-0.4, -0.2) is 113 Å². The number of aliphatic carboxylic acids is 1. The maximum Gasteiger partial charge on any atom is 0.322 e. The van der Waals surface area contributed by atoms with E-state index in [9.17, 15) is 43.5 Å². The molecule has 11 N–H and O–H groups in total. The number of carboxylic acid groups (broad SMARTS) is 1. The molecule has 278 valence electrons. The second kappa shape index (κ2) is 20.9. The largest absolute Gasteiger partial charge is 0.480 e. The van der Waals surface area contributed by atoms with Crippen LogP contribution in [0.4, 0.5) is 0 Å². The number of nitrogens with one attached hydrogen (secondary N) is 7. The number of hydrogen-bond acceptors (Lipinski definition) is 10. The lowest BCUT2D eigenvalue weighted by Crippen LogP contribution is -2.62. The minimum Gasteiger partial charge on any atom is -0.480 e. The molecule has 0 radical (unpaired) electrons. The van der Waals surface area contributed by atoms with Gasteiger partial charge in [0.1, 0.15) is 36.8 Å². The lowest BCUT2D eigenvalue weighted by molar-refractivity contribution is -0.138. The zero-order chi connectivity index (χ0) is 37.4. The number of hydrogen-bond donors (Lipinski definition) is 10. The van der Waals surface area contributed by atoms with Crippen LogP contribution in [0.25, 0.3) is 0 Å². The molecular weight excluding hydrogens is 644 g/mol. The van der Waals surface area contributed by atoms with Crippen molar-refractivity contribution < 1.29 is 48.6 Å². The lowest BCUT2D eigenvalue weighted by Gasteiger charge is -2.30. The first-order chi connectivity index (χ1) is 22.9. The Balaban J connectivity index is 3.13. The fraction of sp³-hybridized carbons (Fsp3) is 0.742. The van der Waals surface area contributed by atoms with Crippen molar-refractivity contribution in [1.29, 1.82) is 0 Å². The van der Waals surface area contributed by atoms with Gasteiger partial charge in [-0.05, 0) is 57.9 Å². The lowest BCUT2D eigenvalue weighted by atomic mass is 9.96. The topological polar surface area (TPSA) is 287 Å². The second-order valence-corrected chi connectivity index (χ2v) is 12.8. The summed E-state index contributed by atoms with van der Waals surface area (Å²) in [6.07, 6.45) is 0.0764. The second-order valence-electron chi connectivity index (χ2n) is 12.8.